The minimum absolute atomic E-state index is 0.0957. The Morgan fingerprint density at radius 1 is 1.03 bits per heavy atom. The van der Waals surface area contributed by atoms with Crippen molar-refractivity contribution in [2.75, 3.05) is 39.5 Å². The van der Waals surface area contributed by atoms with Crippen molar-refractivity contribution < 1.29 is 27.4 Å². The molecule has 4 rings (SSSR count). The lowest BCUT2D eigenvalue weighted by Gasteiger charge is -2.25. The van der Waals surface area contributed by atoms with Crippen molar-refractivity contribution in [1.82, 2.24) is 14.2 Å². The Morgan fingerprint density at radius 2 is 1.72 bits per heavy atom. The number of morpholine rings is 1. The Balaban J connectivity index is 1.56. The molecule has 32 heavy (non-hydrogen) atoms. The van der Waals surface area contributed by atoms with Gasteiger partial charge < -0.3 is 24.1 Å². The van der Waals surface area contributed by atoms with Gasteiger partial charge in [0.2, 0.25) is 10.0 Å². The normalized spacial score (nSPS) is 17.9. The number of nitrogens with zero attached hydrogens (tertiary/aromatic N) is 2. The number of benzene rings is 1. The van der Waals surface area contributed by atoms with Crippen LogP contribution in [-0.2, 0) is 21.8 Å². The van der Waals surface area contributed by atoms with E-state index < -0.39 is 10.0 Å². The van der Waals surface area contributed by atoms with E-state index in [1.54, 1.807) is 11.6 Å². The Hall–Kier alpha value is -2.56. The first kappa shape index (κ1) is 22.6. The van der Waals surface area contributed by atoms with Crippen LogP contribution in [0.4, 0.5) is 0 Å². The quantitative estimate of drug-likeness (QED) is 0.703. The number of hydrogen-bond donors (Lipinski definition) is 1. The van der Waals surface area contributed by atoms with Gasteiger partial charge in [0.05, 0.1) is 19.3 Å². The zero-order valence-corrected chi connectivity index (χ0v) is 19.4. The third-order valence-electron chi connectivity index (χ3n) is 5.70. The first-order valence-electron chi connectivity index (χ1n) is 10.7. The summed E-state index contributed by atoms with van der Waals surface area (Å²) in [6.07, 6.45) is 1.48. The highest BCUT2D eigenvalue weighted by molar-refractivity contribution is 7.89. The number of fused-ring (bicyclic) bond motifs is 1. The molecule has 0 spiro atoms. The lowest BCUT2D eigenvalue weighted by Crippen LogP contribution is -2.40. The van der Waals surface area contributed by atoms with Gasteiger partial charge in [0.15, 0.2) is 11.5 Å². The molecule has 1 atom stereocenters. The van der Waals surface area contributed by atoms with Gasteiger partial charge in [-0.25, -0.2) is 8.42 Å². The van der Waals surface area contributed by atoms with E-state index >= 15 is 0 Å². The predicted molar refractivity (Wildman–Crippen MR) is 117 cm³/mol. The summed E-state index contributed by atoms with van der Waals surface area (Å²) < 4.78 is 45.4. The molecule has 174 valence electrons. The smallest absolute Gasteiger partial charge is 0.268 e. The highest BCUT2D eigenvalue weighted by Gasteiger charge is 2.30. The van der Waals surface area contributed by atoms with Crippen LogP contribution in [0, 0.1) is 5.92 Å². The van der Waals surface area contributed by atoms with E-state index in [2.05, 4.69) is 5.32 Å². The average molecular weight is 464 g/mol. The summed E-state index contributed by atoms with van der Waals surface area (Å²) >= 11 is 0. The van der Waals surface area contributed by atoms with Crippen molar-refractivity contribution >= 4 is 15.9 Å². The number of carbonyl (C=O) groups excluding carboxylic acids is 1. The number of rotatable bonds is 6. The molecular formula is C22H29N3O6S. The van der Waals surface area contributed by atoms with Gasteiger partial charge in [0, 0.05) is 26.3 Å². The number of ether oxygens (including phenoxy) is 3. The molecule has 3 heterocycles. The number of sulfonamides is 1. The molecule has 2 aliphatic rings. The maximum atomic E-state index is 13.1. The van der Waals surface area contributed by atoms with Crippen LogP contribution >= 0.6 is 0 Å². The number of aromatic nitrogens is 1. The molecule has 0 radical (unpaired) electrons. The Kier molecular flexibility index (Phi) is 6.45. The third-order valence-corrected chi connectivity index (χ3v) is 7.56. The molecule has 1 aromatic heterocycles. The molecule has 2 aromatic rings. The standard InChI is InChI=1S/C22H29N3O6S/c1-15(2)21(16-4-5-19-20(12-16)31-11-10-30-19)23-22(26)18-13-17(14-24(18)3)32(27,28)25-6-8-29-9-7-25/h4-5,12-15,21H,6-11H2,1-3H3,(H,23,26). The second-order valence-electron chi connectivity index (χ2n) is 8.29. The zero-order chi connectivity index (χ0) is 22.9. The van der Waals surface area contributed by atoms with Crippen molar-refractivity contribution in [3.05, 3.63) is 41.7 Å². The molecule has 1 fully saturated rings. The number of amides is 1. The molecule has 9 nitrogen and oxygen atoms in total. The fourth-order valence-electron chi connectivity index (χ4n) is 3.94. The van der Waals surface area contributed by atoms with Crippen molar-refractivity contribution in [2.45, 2.75) is 24.8 Å². The molecule has 0 saturated carbocycles. The summed E-state index contributed by atoms with van der Waals surface area (Å²) in [5.74, 6) is 1.10. The van der Waals surface area contributed by atoms with Gasteiger partial charge in [-0.1, -0.05) is 19.9 Å². The minimum atomic E-state index is -3.68. The van der Waals surface area contributed by atoms with Gasteiger partial charge in [-0.15, -0.1) is 0 Å². The number of nitrogens with one attached hydrogen (secondary N) is 1. The average Bonchev–Trinajstić information content (AvgIpc) is 3.20. The largest absolute Gasteiger partial charge is 0.486 e. The SMILES string of the molecule is CC(C)C(NC(=O)c1cc(S(=O)(=O)N2CCOCC2)cn1C)c1ccc2c(c1)OCCO2. The first-order valence-corrected chi connectivity index (χ1v) is 12.2. The van der Waals surface area contributed by atoms with Crippen LogP contribution in [-0.4, -0.2) is 62.7 Å². The molecule has 1 unspecified atom stereocenters. The molecule has 1 aromatic carbocycles. The number of carbonyl (C=O) groups is 1. The molecular weight excluding hydrogens is 434 g/mol. The van der Waals surface area contributed by atoms with Crippen LogP contribution in [0.15, 0.2) is 35.4 Å². The van der Waals surface area contributed by atoms with E-state index in [0.29, 0.717) is 51.0 Å². The molecule has 0 aliphatic carbocycles. The van der Waals surface area contributed by atoms with Gasteiger partial charge >= 0.3 is 0 Å². The Bertz CT molecular complexity index is 1090. The Labute approximate surface area is 188 Å². The van der Waals surface area contributed by atoms with E-state index in [1.165, 1.54) is 16.6 Å². The molecule has 0 bridgehead atoms. The van der Waals surface area contributed by atoms with Crippen molar-refractivity contribution in [3.63, 3.8) is 0 Å². The van der Waals surface area contributed by atoms with Gasteiger partial charge in [-0.2, -0.15) is 4.31 Å². The van der Waals surface area contributed by atoms with Crippen LogP contribution < -0.4 is 14.8 Å². The second kappa shape index (κ2) is 9.13. The van der Waals surface area contributed by atoms with Gasteiger partial charge in [0.1, 0.15) is 23.8 Å². The predicted octanol–water partition coefficient (Wildman–Crippen LogP) is 1.94. The summed E-state index contributed by atoms with van der Waals surface area (Å²) in [5.41, 5.74) is 1.17. The monoisotopic (exact) mass is 463 g/mol. The molecule has 10 heteroatoms. The van der Waals surface area contributed by atoms with Crippen LogP contribution in [0.25, 0.3) is 0 Å². The second-order valence-corrected chi connectivity index (χ2v) is 10.2. The minimum Gasteiger partial charge on any atom is -0.486 e. The van der Waals surface area contributed by atoms with Gasteiger partial charge in [-0.05, 0) is 29.7 Å². The zero-order valence-electron chi connectivity index (χ0n) is 18.5. The molecule has 1 N–H and O–H groups in total. The van der Waals surface area contributed by atoms with Crippen LogP contribution in [0.5, 0.6) is 11.5 Å². The maximum absolute atomic E-state index is 13.1. The summed E-state index contributed by atoms with van der Waals surface area (Å²) in [4.78, 5) is 13.2. The van der Waals surface area contributed by atoms with Crippen LogP contribution in [0.1, 0.15) is 35.9 Å². The van der Waals surface area contributed by atoms with E-state index in [4.69, 9.17) is 14.2 Å². The van der Waals surface area contributed by atoms with Crippen molar-refractivity contribution in [3.8, 4) is 11.5 Å². The maximum Gasteiger partial charge on any atom is 0.268 e. The van der Waals surface area contributed by atoms with Gasteiger partial charge in [-0.3, -0.25) is 4.79 Å². The number of aryl methyl sites for hydroxylation is 1. The van der Waals surface area contributed by atoms with E-state index in [9.17, 15) is 13.2 Å². The fraction of sp³-hybridized carbons (Fsp3) is 0.500. The summed E-state index contributed by atoms with van der Waals surface area (Å²) in [7, 11) is -2.01. The summed E-state index contributed by atoms with van der Waals surface area (Å²) in [6.45, 7) is 6.37. The summed E-state index contributed by atoms with van der Waals surface area (Å²) in [6, 6.07) is 6.80. The first-order chi connectivity index (χ1) is 15.3. The fourth-order valence-corrected chi connectivity index (χ4v) is 5.42. The molecule has 1 amide bonds. The molecule has 1 saturated heterocycles. The Morgan fingerprint density at radius 3 is 2.41 bits per heavy atom. The lowest BCUT2D eigenvalue weighted by molar-refractivity contribution is 0.0730. The van der Waals surface area contributed by atoms with E-state index in [0.717, 1.165) is 5.56 Å². The van der Waals surface area contributed by atoms with E-state index in [-0.39, 0.29) is 28.5 Å². The molecule has 2 aliphatic heterocycles. The van der Waals surface area contributed by atoms with Crippen LogP contribution in [0.2, 0.25) is 0 Å². The highest BCUT2D eigenvalue weighted by atomic mass is 32.2. The third kappa shape index (κ3) is 4.48. The summed E-state index contributed by atoms with van der Waals surface area (Å²) in [5, 5.41) is 3.06. The highest BCUT2D eigenvalue weighted by Crippen LogP contribution is 2.34. The lowest BCUT2D eigenvalue weighted by atomic mass is 9.95. The number of hydrogen-bond acceptors (Lipinski definition) is 6. The van der Waals surface area contributed by atoms with Gasteiger partial charge in [0.25, 0.3) is 5.91 Å². The topological polar surface area (TPSA) is 99.1 Å². The van der Waals surface area contributed by atoms with E-state index in [1.807, 2.05) is 32.0 Å². The van der Waals surface area contributed by atoms with Crippen LogP contribution in [0.3, 0.4) is 0 Å². The van der Waals surface area contributed by atoms with Crippen molar-refractivity contribution in [1.29, 1.82) is 0 Å². The van der Waals surface area contributed by atoms with Crippen molar-refractivity contribution in [2.24, 2.45) is 13.0 Å².